The molecule has 94 valence electrons. The molecule has 0 saturated carbocycles. The highest BCUT2D eigenvalue weighted by Gasteiger charge is 2.48. The third-order valence-electron chi connectivity index (χ3n) is 2.76. The predicted molar refractivity (Wildman–Crippen MR) is 53.0 cm³/mol. The van der Waals surface area contributed by atoms with Crippen LogP contribution in [0.3, 0.4) is 0 Å². The summed E-state index contributed by atoms with van der Waals surface area (Å²) < 4.78 is 31.9. The molecule has 6 heteroatoms. The molecular weight excluding hydrogens is 216 g/mol. The molecule has 0 bridgehead atoms. The molecule has 4 atom stereocenters. The summed E-state index contributed by atoms with van der Waals surface area (Å²) in [4.78, 5) is 0. The van der Waals surface area contributed by atoms with Crippen molar-refractivity contribution in [2.75, 3.05) is 41.0 Å². The maximum absolute atomic E-state index is 5.61. The molecule has 0 unspecified atom stereocenters. The van der Waals surface area contributed by atoms with Gasteiger partial charge in [0.05, 0.1) is 13.2 Å². The zero-order valence-corrected chi connectivity index (χ0v) is 9.59. The second kappa shape index (κ2) is 5.90. The lowest BCUT2D eigenvalue weighted by Crippen LogP contribution is -2.34. The summed E-state index contributed by atoms with van der Waals surface area (Å²) in [6.45, 7) is 1.55. The molecule has 0 amide bonds. The maximum atomic E-state index is 5.61. The largest absolute Gasteiger partial charge is 0.370 e. The van der Waals surface area contributed by atoms with Gasteiger partial charge < -0.3 is 28.4 Å². The van der Waals surface area contributed by atoms with Gasteiger partial charge in [0, 0.05) is 14.2 Å². The Morgan fingerprint density at radius 3 is 1.69 bits per heavy atom. The van der Waals surface area contributed by atoms with E-state index >= 15 is 0 Å². The molecule has 0 N–H and O–H groups in total. The number of fused-ring (bicyclic) bond motifs is 1. The van der Waals surface area contributed by atoms with Crippen molar-refractivity contribution < 1.29 is 28.4 Å². The van der Waals surface area contributed by atoms with Crippen molar-refractivity contribution in [2.24, 2.45) is 0 Å². The van der Waals surface area contributed by atoms with E-state index in [2.05, 4.69) is 0 Å². The van der Waals surface area contributed by atoms with Gasteiger partial charge in [-0.1, -0.05) is 0 Å². The van der Waals surface area contributed by atoms with Gasteiger partial charge in [-0.3, -0.25) is 0 Å². The molecular formula is C10H18O6. The first-order valence-electron chi connectivity index (χ1n) is 5.31. The predicted octanol–water partition coefficient (Wildman–Crippen LogP) is -0.238. The maximum Gasteiger partial charge on any atom is 0.146 e. The minimum absolute atomic E-state index is 0.0583. The third kappa shape index (κ3) is 2.53. The summed E-state index contributed by atoms with van der Waals surface area (Å²) in [5.41, 5.74) is 0. The molecule has 2 heterocycles. The van der Waals surface area contributed by atoms with Crippen LogP contribution in [0.5, 0.6) is 0 Å². The summed E-state index contributed by atoms with van der Waals surface area (Å²) >= 11 is 0. The Kier molecular flexibility index (Phi) is 4.51. The van der Waals surface area contributed by atoms with Crippen molar-refractivity contribution in [3.8, 4) is 0 Å². The van der Waals surface area contributed by atoms with Crippen molar-refractivity contribution in [1.29, 1.82) is 0 Å². The van der Waals surface area contributed by atoms with Crippen molar-refractivity contribution in [3.63, 3.8) is 0 Å². The Balaban J connectivity index is 1.80. The molecule has 0 aromatic carbocycles. The van der Waals surface area contributed by atoms with Gasteiger partial charge >= 0.3 is 0 Å². The lowest BCUT2D eigenvalue weighted by molar-refractivity contribution is -0.118. The summed E-state index contributed by atoms with van der Waals surface area (Å²) in [6, 6.07) is 0. The molecule has 0 radical (unpaired) electrons. The normalized spacial score (nSPS) is 37.9. The minimum atomic E-state index is -0.0684. The van der Waals surface area contributed by atoms with Crippen molar-refractivity contribution >= 4 is 0 Å². The molecule has 2 aliphatic rings. The van der Waals surface area contributed by atoms with E-state index in [1.807, 2.05) is 0 Å². The Labute approximate surface area is 94.7 Å². The molecule has 0 aromatic heterocycles. The van der Waals surface area contributed by atoms with Crippen LogP contribution in [-0.4, -0.2) is 65.4 Å². The van der Waals surface area contributed by atoms with Crippen LogP contribution in [0.25, 0.3) is 0 Å². The van der Waals surface area contributed by atoms with Gasteiger partial charge in [-0.05, 0) is 0 Å². The molecule has 0 aliphatic carbocycles. The molecule has 6 nitrogen and oxygen atoms in total. The van der Waals surface area contributed by atoms with Crippen LogP contribution >= 0.6 is 0 Å². The average molecular weight is 234 g/mol. The van der Waals surface area contributed by atoms with Crippen LogP contribution in [0.4, 0.5) is 0 Å². The van der Waals surface area contributed by atoms with E-state index in [-0.39, 0.29) is 38.0 Å². The van der Waals surface area contributed by atoms with Crippen LogP contribution in [0, 0.1) is 0 Å². The highest BCUT2D eigenvalue weighted by molar-refractivity contribution is 4.95. The second-order valence-electron chi connectivity index (χ2n) is 3.82. The van der Waals surface area contributed by atoms with Crippen molar-refractivity contribution in [3.05, 3.63) is 0 Å². The summed E-state index contributed by atoms with van der Waals surface area (Å²) in [7, 11) is 3.18. The standard InChI is InChI=1S/C10H18O6/c1-11-5-15-7-3-13-10-8(16-6-12-2)4-14-9(7)10/h7-10H,3-6H2,1-2H3/t7-,8-,9-,10-/m1/s1. The van der Waals surface area contributed by atoms with Crippen LogP contribution in [0.2, 0.25) is 0 Å². The van der Waals surface area contributed by atoms with E-state index in [9.17, 15) is 0 Å². The Morgan fingerprint density at radius 1 is 0.875 bits per heavy atom. The van der Waals surface area contributed by atoms with Crippen LogP contribution < -0.4 is 0 Å². The van der Waals surface area contributed by atoms with Gasteiger partial charge in [0.25, 0.3) is 0 Å². The number of methoxy groups -OCH3 is 2. The van der Waals surface area contributed by atoms with Crippen LogP contribution in [-0.2, 0) is 28.4 Å². The van der Waals surface area contributed by atoms with Gasteiger partial charge in [0.15, 0.2) is 0 Å². The van der Waals surface area contributed by atoms with E-state index < -0.39 is 0 Å². The van der Waals surface area contributed by atoms with Gasteiger partial charge in [-0.25, -0.2) is 0 Å². The first-order valence-corrected chi connectivity index (χ1v) is 5.31. The fraction of sp³-hybridized carbons (Fsp3) is 1.00. The first kappa shape index (κ1) is 12.2. The summed E-state index contributed by atoms with van der Waals surface area (Å²) in [5, 5.41) is 0. The molecule has 0 aromatic rings. The van der Waals surface area contributed by atoms with E-state index in [0.717, 1.165) is 0 Å². The SMILES string of the molecule is COCO[C@@H]1CO[C@H]2[C@@H]1OC[C@H]2OCOC. The van der Waals surface area contributed by atoms with E-state index in [0.29, 0.717) is 13.2 Å². The second-order valence-corrected chi connectivity index (χ2v) is 3.82. The topological polar surface area (TPSA) is 55.4 Å². The van der Waals surface area contributed by atoms with Gasteiger partial charge in [-0.2, -0.15) is 0 Å². The average Bonchev–Trinajstić information content (AvgIpc) is 2.86. The monoisotopic (exact) mass is 234 g/mol. The van der Waals surface area contributed by atoms with Crippen molar-refractivity contribution in [2.45, 2.75) is 24.4 Å². The fourth-order valence-electron chi connectivity index (χ4n) is 2.03. The van der Waals surface area contributed by atoms with Gasteiger partial charge in [0.2, 0.25) is 0 Å². The summed E-state index contributed by atoms with van der Waals surface area (Å²) in [5.74, 6) is 0. The molecule has 2 saturated heterocycles. The molecule has 2 rings (SSSR count). The van der Waals surface area contributed by atoms with Crippen LogP contribution in [0.15, 0.2) is 0 Å². The number of hydrogen-bond acceptors (Lipinski definition) is 6. The molecule has 16 heavy (non-hydrogen) atoms. The van der Waals surface area contributed by atoms with E-state index in [4.69, 9.17) is 28.4 Å². The van der Waals surface area contributed by atoms with Crippen molar-refractivity contribution in [1.82, 2.24) is 0 Å². The summed E-state index contributed by atoms with van der Waals surface area (Å²) in [6.07, 6.45) is -0.254. The Bertz CT molecular complexity index is 189. The zero-order valence-electron chi connectivity index (χ0n) is 9.59. The minimum Gasteiger partial charge on any atom is -0.370 e. The Morgan fingerprint density at radius 2 is 1.31 bits per heavy atom. The number of rotatable bonds is 6. The fourth-order valence-corrected chi connectivity index (χ4v) is 2.03. The van der Waals surface area contributed by atoms with Gasteiger partial charge in [-0.15, -0.1) is 0 Å². The molecule has 2 fully saturated rings. The highest BCUT2D eigenvalue weighted by atomic mass is 16.7. The van der Waals surface area contributed by atoms with Crippen LogP contribution in [0.1, 0.15) is 0 Å². The molecule has 2 aliphatic heterocycles. The highest BCUT2D eigenvalue weighted by Crippen LogP contribution is 2.30. The number of hydrogen-bond donors (Lipinski definition) is 0. The lowest BCUT2D eigenvalue weighted by atomic mass is 10.1. The number of ether oxygens (including phenoxy) is 6. The molecule has 0 spiro atoms. The third-order valence-corrected chi connectivity index (χ3v) is 2.76. The van der Waals surface area contributed by atoms with Gasteiger partial charge in [0.1, 0.15) is 38.0 Å². The zero-order chi connectivity index (χ0) is 11.4. The lowest BCUT2D eigenvalue weighted by Gasteiger charge is -2.16. The first-order chi connectivity index (χ1) is 7.86. The Hall–Kier alpha value is -0.240. The van der Waals surface area contributed by atoms with E-state index in [1.54, 1.807) is 14.2 Å². The smallest absolute Gasteiger partial charge is 0.146 e. The quantitative estimate of drug-likeness (QED) is 0.591. The van der Waals surface area contributed by atoms with E-state index in [1.165, 1.54) is 0 Å².